The second-order valence-corrected chi connectivity index (χ2v) is 4.82. The van der Waals surface area contributed by atoms with Gasteiger partial charge in [0.1, 0.15) is 0 Å². The highest BCUT2D eigenvalue weighted by Gasteiger charge is 2.14. The van der Waals surface area contributed by atoms with E-state index >= 15 is 0 Å². The molecule has 20 heavy (non-hydrogen) atoms. The van der Waals surface area contributed by atoms with Gasteiger partial charge in [-0.3, -0.25) is 4.98 Å². The molecule has 0 aliphatic rings. The van der Waals surface area contributed by atoms with Gasteiger partial charge in [0, 0.05) is 18.4 Å². The number of halogens is 2. The summed E-state index contributed by atoms with van der Waals surface area (Å²) in [4.78, 5) is 3.97. The Morgan fingerprint density at radius 2 is 2.20 bits per heavy atom. The average Bonchev–Trinajstić information content (AvgIpc) is 2.46. The van der Waals surface area contributed by atoms with Crippen LogP contribution in [0.4, 0.5) is 4.39 Å². The third-order valence-electron chi connectivity index (χ3n) is 3.18. The van der Waals surface area contributed by atoms with Gasteiger partial charge in [-0.1, -0.05) is 17.7 Å². The molecule has 2 aromatic rings. The zero-order chi connectivity index (χ0) is 14.5. The number of methoxy groups -OCH3 is 1. The fourth-order valence-electron chi connectivity index (χ4n) is 2.11. The number of hydrogen-bond acceptors (Lipinski definition) is 3. The van der Waals surface area contributed by atoms with Crippen LogP contribution in [-0.2, 0) is 6.42 Å². The molecule has 3 nitrogen and oxygen atoms in total. The molecule has 0 bridgehead atoms. The normalized spacial score (nSPS) is 12.2. The van der Waals surface area contributed by atoms with E-state index in [1.165, 1.54) is 13.2 Å². The molecule has 1 aromatic heterocycles. The van der Waals surface area contributed by atoms with Gasteiger partial charge in [0.2, 0.25) is 0 Å². The molecule has 0 fully saturated rings. The first-order valence-corrected chi connectivity index (χ1v) is 6.62. The molecular weight excluding hydrogens is 279 g/mol. The first kappa shape index (κ1) is 14.8. The Kier molecular flexibility index (Phi) is 4.93. The summed E-state index contributed by atoms with van der Waals surface area (Å²) in [5, 5.41) is 3.79. The largest absolute Gasteiger partial charge is 0.494 e. The highest BCUT2D eigenvalue weighted by atomic mass is 35.5. The third kappa shape index (κ3) is 3.26. The molecule has 106 valence electrons. The Morgan fingerprint density at radius 3 is 2.80 bits per heavy atom. The first-order chi connectivity index (χ1) is 9.65. The summed E-state index contributed by atoms with van der Waals surface area (Å²) < 4.78 is 18.6. The molecule has 0 saturated carbocycles. The SMILES string of the molecule is CNC(Cc1ccc(OC)c(F)c1)c1ccncc1Cl. The van der Waals surface area contributed by atoms with Gasteiger partial charge in [-0.05, 0) is 42.8 Å². The minimum Gasteiger partial charge on any atom is -0.494 e. The van der Waals surface area contributed by atoms with Crippen molar-refractivity contribution in [1.29, 1.82) is 0 Å². The Labute approximate surface area is 122 Å². The molecule has 1 aromatic carbocycles. The lowest BCUT2D eigenvalue weighted by Gasteiger charge is -2.18. The van der Waals surface area contributed by atoms with Crippen molar-refractivity contribution >= 4 is 11.6 Å². The number of hydrogen-bond donors (Lipinski definition) is 1. The van der Waals surface area contributed by atoms with E-state index < -0.39 is 0 Å². The van der Waals surface area contributed by atoms with Crippen LogP contribution in [0.3, 0.4) is 0 Å². The van der Waals surface area contributed by atoms with Crippen molar-refractivity contribution in [3.8, 4) is 5.75 Å². The monoisotopic (exact) mass is 294 g/mol. The number of ether oxygens (including phenoxy) is 1. The predicted octanol–water partition coefficient (Wildman–Crippen LogP) is 3.39. The zero-order valence-electron chi connectivity index (χ0n) is 11.4. The maximum Gasteiger partial charge on any atom is 0.165 e. The van der Waals surface area contributed by atoms with Crippen LogP contribution >= 0.6 is 11.6 Å². The Bertz CT molecular complexity index is 592. The molecule has 1 unspecified atom stereocenters. The molecule has 0 radical (unpaired) electrons. The summed E-state index contributed by atoms with van der Waals surface area (Å²) in [5.41, 5.74) is 1.82. The van der Waals surface area contributed by atoms with E-state index in [1.807, 2.05) is 19.2 Å². The van der Waals surface area contributed by atoms with Gasteiger partial charge in [0.05, 0.1) is 12.1 Å². The highest BCUT2D eigenvalue weighted by molar-refractivity contribution is 6.31. The number of nitrogens with one attached hydrogen (secondary N) is 1. The van der Waals surface area contributed by atoms with Crippen LogP contribution in [0.1, 0.15) is 17.2 Å². The van der Waals surface area contributed by atoms with Crippen LogP contribution in [-0.4, -0.2) is 19.1 Å². The van der Waals surface area contributed by atoms with E-state index in [9.17, 15) is 4.39 Å². The van der Waals surface area contributed by atoms with E-state index in [1.54, 1.807) is 18.5 Å². The number of pyridine rings is 1. The van der Waals surface area contributed by atoms with Crippen LogP contribution in [0.5, 0.6) is 5.75 Å². The van der Waals surface area contributed by atoms with Crippen molar-refractivity contribution in [3.63, 3.8) is 0 Å². The number of rotatable bonds is 5. The molecule has 1 N–H and O–H groups in total. The lowest BCUT2D eigenvalue weighted by atomic mass is 9.99. The second-order valence-electron chi connectivity index (χ2n) is 4.41. The molecule has 2 rings (SSSR count). The summed E-state index contributed by atoms with van der Waals surface area (Å²) in [6.07, 6.45) is 3.93. The number of benzene rings is 1. The van der Waals surface area contributed by atoms with Crippen LogP contribution in [0.15, 0.2) is 36.7 Å². The van der Waals surface area contributed by atoms with Crippen molar-refractivity contribution in [1.82, 2.24) is 10.3 Å². The first-order valence-electron chi connectivity index (χ1n) is 6.24. The van der Waals surface area contributed by atoms with Gasteiger partial charge in [-0.15, -0.1) is 0 Å². The van der Waals surface area contributed by atoms with E-state index in [0.717, 1.165) is 11.1 Å². The molecule has 1 atom stereocenters. The lowest BCUT2D eigenvalue weighted by Crippen LogP contribution is -2.19. The summed E-state index contributed by atoms with van der Waals surface area (Å²) in [5.74, 6) is -0.114. The van der Waals surface area contributed by atoms with Crippen molar-refractivity contribution < 1.29 is 9.13 Å². The fourth-order valence-corrected chi connectivity index (χ4v) is 2.36. The standard InChI is InChI=1S/C15H16ClFN2O/c1-18-14(11-5-6-19-9-12(11)16)8-10-3-4-15(20-2)13(17)7-10/h3-7,9,14,18H,8H2,1-2H3. The predicted molar refractivity (Wildman–Crippen MR) is 77.7 cm³/mol. The van der Waals surface area contributed by atoms with Crippen molar-refractivity contribution in [2.75, 3.05) is 14.2 Å². The van der Waals surface area contributed by atoms with E-state index in [0.29, 0.717) is 11.4 Å². The van der Waals surface area contributed by atoms with Gasteiger partial charge in [0.15, 0.2) is 11.6 Å². The summed E-state index contributed by atoms with van der Waals surface area (Å²) in [6, 6.07) is 6.83. The Morgan fingerprint density at radius 1 is 1.40 bits per heavy atom. The van der Waals surface area contributed by atoms with Gasteiger partial charge in [0.25, 0.3) is 0 Å². The second kappa shape index (κ2) is 6.68. The fraction of sp³-hybridized carbons (Fsp3) is 0.267. The van der Waals surface area contributed by atoms with Crippen LogP contribution in [0.25, 0.3) is 0 Å². The lowest BCUT2D eigenvalue weighted by molar-refractivity contribution is 0.386. The van der Waals surface area contributed by atoms with E-state index in [-0.39, 0.29) is 17.6 Å². The number of nitrogens with zero attached hydrogens (tertiary/aromatic N) is 1. The summed E-state index contributed by atoms with van der Waals surface area (Å²) in [7, 11) is 3.30. The summed E-state index contributed by atoms with van der Waals surface area (Å²) >= 11 is 6.15. The molecule has 5 heteroatoms. The van der Waals surface area contributed by atoms with E-state index in [2.05, 4.69) is 10.3 Å². The molecule has 0 spiro atoms. The molecule has 0 aliphatic carbocycles. The molecule has 1 heterocycles. The Balaban J connectivity index is 2.23. The van der Waals surface area contributed by atoms with E-state index in [4.69, 9.17) is 16.3 Å². The maximum atomic E-state index is 13.7. The smallest absolute Gasteiger partial charge is 0.165 e. The van der Waals surface area contributed by atoms with Crippen molar-refractivity contribution in [3.05, 3.63) is 58.6 Å². The molecular formula is C15H16ClFN2O. The molecule has 0 amide bonds. The quantitative estimate of drug-likeness (QED) is 0.918. The van der Waals surface area contributed by atoms with Crippen LogP contribution in [0.2, 0.25) is 5.02 Å². The Hall–Kier alpha value is -1.65. The van der Waals surface area contributed by atoms with Crippen molar-refractivity contribution in [2.24, 2.45) is 0 Å². The molecule has 0 aliphatic heterocycles. The topological polar surface area (TPSA) is 34.1 Å². The van der Waals surface area contributed by atoms with Crippen LogP contribution < -0.4 is 10.1 Å². The van der Waals surface area contributed by atoms with Gasteiger partial charge < -0.3 is 10.1 Å². The van der Waals surface area contributed by atoms with Gasteiger partial charge in [-0.2, -0.15) is 0 Å². The zero-order valence-corrected chi connectivity index (χ0v) is 12.1. The van der Waals surface area contributed by atoms with Crippen LogP contribution in [0, 0.1) is 5.82 Å². The maximum absolute atomic E-state index is 13.7. The highest BCUT2D eigenvalue weighted by Crippen LogP contribution is 2.26. The van der Waals surface area contributed by atoms with Gasteiger partial charge in [-0.25, -0.2) is 4.39 Å². The number of aromatic nitrogens is 1. The number of likely N-dealkylation sites (N-methyl/N-ethyl adjacent to an activating group) is 1. The summed E-state index contributed by atoms with van der Waals surface area (Å²) in [6.45, 7) is 0. The minimum atomic E-state index is -0.360. The van der Waals surface area contributed by atoms with Gasteiger partial charge >= 0.3 is 0 Å². The third-order valence-corrected chi connectivity index (χ3v) is 3.50. The average molecular weight is 295 g/mol. The molecule has 0 saturated heterocycles. The minimum absolute atomic E-state index is 0.00158. The van der Waals surface area contributed by atoms with Crippen molar-refractivity contribution in [2.45, 2.75) is 12.5 Å².